The summed E-state index contributed by atoms with van der Waals surface area (Å²) in [6.07, 6.45) is 1.90. The van der Waals surface area contributed by atoms with Crippen LogP contribution in [-0.2, 0) is 4.79 Å². The Labute approximate surface area is 100 Å². The van der Waals surface area contributed by atoms with Crippen molar-refractivity contribution < 1.29 is 9.18 Å². The molecule has 1 aromatic rings. The fourth-order valence-electron chi connectivity index (χ4n) is 1.49. The van der Waals surface area contributed by atoms with Crippen LogP contribution >= 0.6 is 0 Å². The maximum Gasteiger partial charge on any atom is 0.237 e. The summed E-state index contributed by atoms with van der Waals surface area (Å²) in [5.74, 6) is -0.809. The topological polar surface area (TPSA) is 68.0 Å². The maximum absolute atomic E-state index is 12.8. The number of carbonyl (C=O) groups excluding carboxylic acids is 1. The quantitative estimate of drug-likeness (QED) is 0.818. The molecule has 0 aliphatic carbocycles. The summed E-state index contributed by atoms with van der Waals surface area (Å²) >= 11 is 0. The predicted molar refractivity (Wildman–Crippen MR) is 63.6 cm³/mol. The lowest BCUT2D eigenvalue weighted by Gasteiger charge is -2.28. The third kappa shape index (κ3) is 3.49. The van der Waals surface area contributed by atoms with Crippen LogP contribution in [-0.4, -0.2) is 16.4 Å². The standard InChI is InChI=1S/C12H18FN3O/c1-4-9(16-12(2,3)11(14)17)10-6-5-8(13)7-15-10/h5-7,9,16H,4H2,1-3H3,(H2,14,17). The van der Waals surface area contributed by atoms with Crippen molar-refractivity contribution in [3.63, 3.8) is 0 Å². The van der Waals surface area contributed by atoms with Gasteiger partial charge < -0.3 is 5.73 Å². The molecule has 0 fully saturated rings. The van der Waals surface area contributed by atoms with E-state index in [1.807, 2.05) is 6.92 Å². The van der Waals surface area contributed by atoms with E-state index in [0.717, 1.165) is 12.6 Å². The Bertz CT molecular complexity index is 389. The highest BCUT2D eigenvalue weighted by molar-refractivity contribution is 5.83. The molecule has 0 spiro atoms. The summed E-state index contributed by atoms with van der Waals surface area (Å²) in [5, 5.41) is 3.12. The van der Waals surface area contributed by atoms with Gasteiger partial charge in [0.05, 0.1) is 23.5 Å². The molecular formula is C12H18FN3O. The smallest absolute Gasteiger partial charge is 0.237 e. The summed E-state index contributed by atoms with van der Waals surface area (Å²) < 4.78 is 12.8. The normalized spacial score (nSPS) is 13.4. The fourth-order valence-corrected chi connectivity index (χ4v) is 1.49. The van der Waals surface area contributed by atoms with Crippen molar-refractivity contribution in [2.45, 2.75) is 38.8 Å². The van der Waals surface area contributed by atoms with E-state index in [2.05, 4.69) is 10.3 Å². The molecule has 1 heterocycles. The zero-order chi connectivity index (χ0) is 13.1. The molecule has 0 aliphatic rings. The van der Waals surface area contributed by atoms with Crippen molar-refractivity contribution in [2.75, 3.05) is 0 Å². The van der Waals surface area contributed by atoms with Crippen LogP contribution in [0.15, 0.2) is 18.3 Å². The predicted octanol–water partition coefficient (Wildman–Crippen LogP) is 1.53. The number of aromatic nitrogens is 1. The fraction of sp³-hybridized carbons (Fsp3) is 0.500. The minimum Gasteiger partial charge on any atom is -0.368 e. The first kappa shape index (κ1) is 13.6. The Morgan fingerprint density at radius 2 is 2.24 bits per heavy atom. The molecule has 1 unspecified atom stereocenters. The molecule has 1 aromatic heterocycles. The highest BCUT2D eigenvalue weighted by atomic mass is 19.1. The van der Waals surface area contributed by atoms with Gasteiger partial charge in [-0.1, -0.05) is 6.92 Å². The first-order valence-corrected chi connectivity index (χ1v) is 5.56. The number of nitrogens with one attached hydrogen (secondary N) is 1. The number of rotatable bonds is 5. The first-order chi connectivity index (χ1) is 7.86. The molecule has 0 aliphatic heterocycles. The van der Waals surface area contributed by atoms with E-state index in [0.29, 0.717) is 5.69 Å². The van der Waals surface area contributed by atoms with Crippen molar-refractivity contribution >= 4 is 5.91 Å². The molecule has 1 amide bonds. The number of halogens is 1. The number of hydrogen-bond acceptors (Lipinski definition) is 3. The van der Waals surface area contributed by atoms with Gasteiger partial charge in [-0.05, 0) is 32.4 Å². The number of primary amides is 1. The monoisotopic (exact) mass is 239 g/mol. The van der Waals surface area contributed by atoms with Gasteiger partial charge in [0.25, 0.3) is 0 Å². The van der Waals surface area contributed by atoms with Crippen LogP contribution in [0.3, 0.4) is 0 Å². The van der Waals surface area contributed by atoms with Crippen LogP contribution in [0.5, 0.6) is 0 Å². The van der Waals surface area contributed by atoms with Crippen LogP contribution in [0.2, 0.25) is 0 Å². The molecule has 0 radical (unpaired) electrons. The Hall–Kier alpha value is -1.49. The summed E-state index contributed by atoms with van der Waals surface area (Å²) in [4.78, 5) is 15.2. The van der Waals surface area contributed by atoms with Crippen molar-refractivity contribution in [1.29, 1.82) is 0 Å². The molecule has 0 bridgehead atoms. The van der Waals surface area contributed by atoms with Crippen LogP contribution in [0.25, 0.3) is 0 Å². The van der Waals surface area contributed by atoms with Gasteiger partial charge in [-0.2, -0.15) is 0 Å². The van der Waals surface area contributed by atoms with Gasteiger partial charge in [0.15, 0.2) is 0 Å². The average Bonchev–Trinajstić information content (AvgIpc) is 2.27. The third-order valence-corrected chi connectivity index (χ3v) is 2.67. The number of carbonyl (C=O) groups is 1. The number of pyridine rings is 1. The van der Waals surface area contributed by atoms with E-state index < -0.39 is 11.4 Å². The summed E-state index contributed by atoms with van der Waals surface area (Å²) in [6.45, 7) is 5.38. The van der Waals surface area contributed by atoms with Crippen molar-refractivity contribution in [1.82, 2.24) is 10.3 Å². The second kappa shape index (κ2) is 5.23. The minimum absolute atomic E-state index is 0.127. The third-order valence-electron chi connectivity index (χ3n) is 2.67. The van der Waals surface area contributed by atoms with E-state index in [-0.39, 0.29) is 11.9 Å². The van der Waals surface area contributed by atoms with E-state index in [4.69, 9.17) is 5.73 Å². The summed E-state index contributed by atoms with van der Waals surface area (Å²) in [6, 6.07) is 2.83. The molecule has 0 aromatic carbocycles. The van der Waals surface area contributed by atoms with Crippen LogP contribution in [0.1, 0.15) is 38.9 Å². The van der Waals surface area contributed by atoms with Gasteiger partial charge in [0.1, 0.15) is 5.82 Å². The molecule has 0 saturated heterocycles. The maximum atomic E-state index is 12.8. The van der Waals surface area contributed by atoms with Gasteiger partial charge >= 0.3 is 0 Å². The number of amides is 1. The molecule has 17 heavy (non-hydrogen) atoms. The second-order valence-corrected chi connectivity index (χ2v) is 4.50. The number of nitrogens with two attached hydrogens (primary N) is 1. The SMILES string of the molecule is CCC(NC(C)(C)C(N)=O)c1ccc(F)cn1. The van der Waals surface area contributed by atoms with Crippen molar-refractivity contribution in [2.24, 2.45) is 5.73 Å². The highest BCUT2D eigenvalue weighted by Crippen LogP contribution is 2.18. The Balaban J connectivity index is 2.86. The highest BCUT2D eigenvalue weighted by Gasteiger charge is 2.28. The molecule has 4 nitrogen and oxygen atoms in total. The molecule has 3 N–H and O–H groups in total. The van der Waals surface area contributed by atoms with E-state index in [9.17, 15) is 9.18 Å². The number of hydrogen-bond donors (Lipinski definition) is 2. The van der Waals surface area contributed by atoms with Crippen LogP contribution < -0.4 is 11.1 Å². The minimum atomic E-state index is -0.823. The van der Waals surface area contributed by atoms with Gasteiger partial charge in [0.2, 0.25) is 5.91 Å². The van der Waals surface area contributed by atoms with Crippen LogP contribution in [0, 0.1) is 5.82 Å². The summed E-state index contributed by atoms with van der Waals surface area (Å²) in [7, 11) is 0. The number of nitrogens with zero attached hydrogens (tertiary/aromatic N) is 1. The molecule has 1 atom stereocenters. The van der Waals surface area contributed by atoms with E-state index in [1.54, 1.807) is 19.9 Å². The van der Waals surface area contributed by atoms with Gasteiger partial charge in [-0.25, -0.2) is 4.39 Å². The van der Waals surface area contributed by atoms with Crippen molar-refractivity contribution in [3.05, 3.63) is 29.8 Å². The lowest BCUT2D eigenvalue weighted by atomic mass is 10.0. The lowest BCUT2D eigenvalue weighted by Crippen LogP contribution is -2.51. The summed E-state index contributed by atoms with van der Waals surface area (Å²) in [5.41, 5.74) is 5.17. The zero-order valence-electron chi connectivity index (χ0n) is 10.3. The Kier molecular flexibility index (Phi) is 4.17. The Morgan fingerprint density at radius 3 is 2.65 bits per heavy atom. The average molecular weight is 239 g/mol. The molecule has 0 saturated carbocycles. The zero-order valence-corrected chi connectivity index (χ0v) is 10.3. The lowest BCUT2D eigenvalue weighted by molar-refractivity contribution is -0.123. The van der Waals surface area contributed by atoms with E-state index >= 15 is 0 Å². The molecule has 5 heteroatoms. The van der Waals surface area contributed by atoms with E-state index in [1.165, 1.54) is 6.07 Å². The van der Waals surface area contributed by atoms with Gasteiger partial charge in [0, 0.05) is 0 Å². The largest absolute Gasteiger partial charge is 0.368 e. The first-order valence-electron chi connectivity index (χ1n) is 5.56. The molecule has 1 rings (SSSR count). The second-order valence-electron chi connectivity index (χ2n) is 4.50. The van der Waals surface area contributed by atoms with Gasteiger partial charge in [-0.3, -0.25) is 15.1 Å². The molecule has 94 valence electrons. The Morgan fingerprint density at radius 1 is 1.59 bits per heavy atom. The van der Waals surface area contributed by atoms with Crippen LogP contribution in [0.4, 0.5) is 4.39 Å². The van der Waals surface area contributed by atoms with Gasteiger partial charge in [-0.15, -0.1) is 0 Å². The molecular weight excluding hydrogens is 221 g/mol. The van der Waals surface area contributed by atoms with Crippen molar-refractivity contribution in [3.8, 4) is 0 Å².